The van der Waals surface area contributed by atoms with Crippen molar-refractivity contribution in [3.63, 3.8) is 0 Å². The third-order valence-corrected chi connectivity index (χ3v) is 3.24. The van der Waals surface area contributed by atoms with Crippen LogP contribution in [0.2, 0.25) is 0 Å². The van der Waals surface area contributed by atoms with Gasteiger partial charge < -0.3 is 4.74 Å². The van der Waals surface area contributed by atoms with Crippen molar-refractivity contribution in [1.29, 1.82) is 0 Å². The molecular weight excluding hydrogens is 308 g/mol. The second-order valence-electron chi connectivity index (χ2n) is 4.17. The van der Waals surface area contributed by atoms with Crippen LogP contribution in [0.3, 0.4) is 0 Å². The van der Waals surface area contributed by atoms with E-state index in [4.69, 9.17) is 10.6 Å². The third kappa shape index (κ3) is 3.94. The highest BCUT2D eigenvalue weighted by Crippen LogP contribution is 2.24. The first-order valence-electron chi connectivity index (χ1n) is 6.00. The quantitative estimate of drug-likeness (QED) is 0.385. The average molecular weight is 323 g/mol. The summed E-state index contributed by atoms with van der Waals surface area (Å²) in [6.45, 7) is 0.495. The molecule has 0 radical (unpaired) electrons. The summed E-state index contributed by atoms with van der Waals surface area (Å²) >= 11 is 3.44. The Labute approximate surface area is 120 Å². The summed E-state index contributed by atoms with van der Waals surface area (Å²) in [5.74, 6) is 5.63. The van der Waals surface area contributed by atoms with Crippen molar-refractivity contribution in [3.8, 4) is 5.75 Å². The third-order valence-electron chi connectivity index (χ3n) is 2.75. The molecule has 0 heterocycles. The van der Waals surface area contributed by atoms with E-state index in [0.29, 0.717) is 19.4 Å². The van der Waals surface area contributed by atoms with Crippen LogP contribution in [0.4, 0.5) is 0 Å². The van der Waals surface area contributed by atoms with Gasteiger partial charge in [-0.2, -0.15) is 0 Å². The van der Waals surface area contributed by atoms with Gasteiger partial charge in [0, 0.05) is 10.9 Å². The Hall–Kier alpha value is -1.59. The maximum atomic E-state index is 10.9. The Bertz CT molecular complexity index is 587. The lowest BCUT2D eigenvalue weighted by molar-refractivity contribution is -0.121. The van der Waals surface area contributed by atoms with Crippen molar-refractivity contribution in [3.05, 3.63) is 40.9 Å². The van der Waals surface area contributed by atoms with Gasteiger partial charge in [0.25, 0.3) is 0 Å². The van der Waals surface area contributed by atoms with Gasteiger partial charge in [-0.25, -0.2) is 5.84 Å². The number of ether oxygens (including phenoxy) is 1. The zero-order valence-electron chi connectivity index (χ0n) is 10.4. The van der Waals surface area contributed by atoms with E-state index in [9.17, 15) is 4.79 Å². The predicted octanol–water partition coefficient (Wildman–Crippen LogP) is 2.75. The monoisotopic (exact) mass is 322 g/mol. The van der Waals surface area contributed by atoms with Gasteiger partial charge in [-0.15, -0.1) is 0 Å². The minimum absolute atomic E-state index is 0.174. The second-order valence-corrected chi connectivity index (χ2v) is 5.09. The number of hydrogen-bond donors (Lipinski definition) is 2. The second kappa shape index (κ2) is 6.54. The molecule has 2 aromatic rings. The van der Waals surface area contributed by atoms with E-state index < -0.39 is 0 Å². The van der Waals surface area contributed by atoms with Crippen molar-refractivity contribution in [2.24, 2.45) is 5.84 Å². The topological polar surface area (TPSA) is 64.3 Å². The number of halogens is 1. The zero-order chi connectivity index (χ0) is 13.7. The molecule has 3 N–H and O–H groups in total. The molecule has 19 heavy (non-hydrogen) atoms. The first-order chi connectivity index (χ1) is 9.19. The Morgan fingerprint density at radius 3 is 2.74 bits per heavy atom. The van der Waals surface area contributed by atoms with Crippen LogP contribution in [0.15, 0.2) is 40.9 Å². The van der Waals surface area contributed by atoms with Crippen LogP contribution < -0.4 is 16.0 Å². The molecule has 0 aliphatic carbocycles. The Kier molecular flexibility index (Phi) is 4.76. The molecule has 4 nitrogen and oxygen atoms in total. The molecule has 0 bridgehead atoms. The number of benzene rings is 2. The summed E-state index contributed by atoms with van der Waals surface area (Å²) in [5, 5.41) is 2.28. The SMILES string of the molecule is NNC(=O)CCCOc1ccc2cc(Br)ccc2c1. The lowest BCUT2D eigenvalue weighted by Crippen LogP contribution is -2.29. The average Bonchev–Trinajstić information content (AvgIpc) is 2.43. The maximum absolute atomic E-state index is 10.9. The van der Waals surface area contributed by atoms with E-state index in [1.165, 1.54) is 0 Å². The maximum Gasteiger partial charge on any atom is 0.234 e. The fraction of sp³-hybridized carbons (Fsp3) is 0.214. The molecule has 2 aromatic carbocycles. The number of carbonyl (C=O) groups is 1. The van der Waals surface area contributed by atoms with Crippen molar-refractivity contribution >= 4 is 32.6 Å². The predicted molar refractivity (Wildman–Crippen MR) is 78.7 cm³/mol. The fourth-order valence-electron chi connectivity index (χ4n) is 1.78. The summed E-state index contributed by atoms with van der Waals surface area (Å²) in [6, 6.07) is 12.0. The summed E-state index contributed by atoms with van der Waals surface area (Å²) in [7, 11) is 0. The summed E-state index contributed by atoms with van der Waals surface area (Å²) in [5.41, 5.74) is 2.09. The van der Waals surface area contributed by atoms with E-state index >= 15 is 0 Å². The van der Waals surface area contributed by atoms with Crippen LogP contribution in [0.1, 0.15) is 12.8 Å². The lowest BCUT2D eigenvalue weighted by Gasteiger charge is -2.07. The first kappa shape index (κ1) is 13.8. The highest BCUT2D eigenvalue weighted by molar-refractivity contribution is 9.10. The van der Waals surface area contributed by atoms with Crippen LogP contribution in [0.5, 0.6) is 5.75 Å². The molecule has 0 saturated heterocycles. The molecular formula is C14H15BrN2O2. The number of rotatable bonds is 5. The van der Waals surface area contributed by atoms with E-state index in [1.54, 1.807) is 0 Å². The summed E-state index contributed by atoms with van der Waals surface area (Å²) < 4.78 is 6.66. The van der Waals surface area contributed by atoms with Gasteiger partial charge in [0.05, 0.1) is 6.61 Å². The number of nitrogens with two attached hydrogens (primary N) is 1. The summed E-state index contributed by atoms with van der Waals surface area (Å²) in [4.78, 5) is 10.9. The molecule has 0 unspecified atom stereocenters. The van der Waals surface area contributed by atoms with Gasteiger partial charge in [0.15, 0.2) is 0 Å². The number of hydrazine groups is 1. The van der Waals surface area contributed by atoms with Crippen molar-refractivity contribution in [2.75, 3.05) is 6.61 Å². The Morgan fingerprint density at radius 2 is 1.95 bits per heavy atom. The number of amides is 1. The van der Waals surface area contributed by atoms with Gasteiger partial charge >= 0.3 is 0 Å². The minimum Gasteiger partial charge on any atom is -0.494 e. The van der Waals surface area contributed by atoms with Gasteiger partial charge in [-0.3, -0.25) is 10.2 Å². The van der Waals surface area contributed by atoms with Gasteiger partial charge in [0.2, 0.25) is 5.91 Å². The molecule has 0 aliphatic rings. The number of nitrogens with one attached hydrogen (secondary N) is 1. The fourth-order valence-corrected chi connectivity index (χ4v) is 2.16. The van der Waals surface area contributed by atoms with Crippen molar-refractivity contribution in [2.45, 2.75) is 12.8 Å². The Morgan fingerprint density at radius 1 is 1.21 bits per heavy atom. The molecule has 0 atom stereocenters. The molecule has 2 rings (SSSR count). The molecule has 0 aliphatic heterocycles. The largest absolute Gasteiger partial charge is 0.494 e. The highest BCUT2D eigenvalue weighted by atomic mass is 79.9. The molecule has 0 aromatic heterocycles. The van der Waals surface area contributed by atoms with Gasteiger partial charge in [-0.05, 0) is 41.5 Å². The molecule has 0 spiro atoms. The molecule has 0 fully saturated rings. The van der Waals surface area contributed by atoms with Gasteiger partial charge in [0.1, 0.15) is 5.75 Å². The van der Waals surface area contributed by atoms with E-state index in [1.807, 2.05) is 30.3 Å². The van der Waals surface area contributed by atoms with Crippen LogP contribution in [0, 0.1) is 0 Å². The smallest absolute Gasteiger partial charge is 0.234 e. The van der Waals surface area contributed by atoms with Gasteiger partial charge in [-0.1, -0.05) is 28.1 Å². The normalized spacial score (nSPS) is 10.4. The number of carbonyl (C=O) groups excluding carboxylic acids is 1. The van der Waals surface area contributed by atoms with Crippen LogP contribution in [0.25, 0.3) is 10.8 Å². The van der Waals surface area contributed by atoms with E-state index in [-0.39, 0.29) is 5.91 Å². The van der Waals surface area contributed by atoms with Crippen molar-refractivity contribution < 1.29 is 9.53 Å². The van der Waals surface area contributed by atoms with Crippen LogP contribution in [-0.2, 0) is 4.79 Å². The van der Waals surface area contributed by atoms with E-state index in [0.717, 1.165) is 21.0 Å². The van der Waals surface area contributed by atoms with E-state index in [2.05, 4.69) is 27.4 Å². The minimum atomic E-state index is -0.174. The molecule has 5 heteroatoms. The van der Waals surface area contributed by atoms with Crippen LogP contribution >= 0.6 is 15.9 Å². The molecule has 100 valence electrons. The number of fused-ring (bicyclic) bond motifs is 1. The summed E-state index contributed by atoms with van der Waals surface area (Å²) in [6.07, 6.45) is 1.01. The molecule has 0 saturated carbocycles. The Balaban J connectivity index is 1.94. The highest BCUT2D eigenvalue weighted by Gasteiger charge is 2.00. The standard InChI is InChI=1S/C14H15BrN2O2/c15-12-5-3-11-9-13(6-4-10(11)8-12)19-7-1-2-14(18)17-16/h3-6,8-9H,1-2,7,16H2,(H,17,18). The first-order valence-corrected chi connectivity index (χ1v) is 6.80. The zero-order valence-corrected chi connectivity index (χ0v) is 11.9. The van der Waals surface area contributed by atoms with Crippen molar-refractivity contribution in [1.82, 2.24) is 5.43 Å². The lowest BCUT2D eigenvalue weighted by atomic mass is 10.1. The van der Waals surface area contributed by atoms with Crippen LogP contribution in [-0.4, -0.2) is 12.5 Å². The molecule has 1 amide bonds. The number of hydrogen-bond acceptors (Lipinski definition) is 3.